The van der Waals surface area contributed by atoms with E-state index in [1.54, 1.807) is 35.8 Å². The quantitative estimate of drug-likeness (QED) is 0.748. The molecule has 0 fully saturated rings. The number of carbonyl (C=O) groups excluding carboxylic acids is 1. The minimum Gasteiger partial charge on any atom is -0.465 e. The fourth-order valence-corrected chi connectivity index (χ4v) is 2.67. The topological polar surface area (TPSA) is 55.1 Å². The molecule has 2 aromatic heterocycles. The Morgan fingerprint density at radius 1 is 1.30 bits per heavy atom. The van der Waals surface area contributed by atoms with Gasteiger partial charge in [0, 0.05) is 6.08 Å². The summed E-state index contributed by atoms with van der Waals surface area (Å²) in [6.07, 6.45) is 4.65. The Labute approximate surface area is 119 Å². The number of hydrogen-bond acceptors (Lipinski definition) is 4. The molecule has 4 nitrogen and oxygen atoms in total. The minimum absolute atomic E-state index is 0.166. The van der Waals surface area contributed by atoms with E-state index < -0.39 is 0 Å². The molecule has 0 atom stereocenters. The van der Waals surface area contributed by atoms with E-state index in [-0.39, 0.29) is 5.91 Å². The highest BCUT2D eigenvalue weighted by Crippen LogP contribution is 2.21. The number of carbonyl (C=O) groups is 1. The fraction of sp³-hybridized carbons (Fsp3) is 0.0667. The third-order valence-electron chi connectivity index (χ3n) is 2.69. The first kappa shape index (κ1) is 12.6. The van der Waals surface area contributed by atoms with Crippen molar-refractivity contribution < 1.29 is 9.21 Å². The fourth-order valence-electron chi connectivity index (χ4n) is 1.76. The summed E-state index contributed by atoms with van der Waals surface area (Å²) in [4.78, 5) is 16.1. The number of thiazole rings is 1. The molecule has 5 heteroatoms. The van der Waals surface area contributed by atoms with Crippen molar-refractivity contribution in [3.8, 4) is 0 Å². The smallest absolute Gasteiger partial charge is 0.244 e. The Morgan fingerprint density at radius 2 is 2.20 bits per heavy atom. The van der Waals surface area contributed by atoms with Gasteiger partial charge in [-0.15, -0.1) is 11.3 Å². The number of para-hydroxylation sites is 1. The number of aromatic nitrogens is 1. The van der Waals surface area contributed by atoms with Crippen molar-refractivity contribution in [2.75, 3.05) is 0 Å². The van der Waals surface area contributed by atoms with Crippen LogP contribution in [0, 0.1) is 0 Å². The second-order valence-electron chi connectivity index (χ2n) is 4.14. The maximum Gasteiger partial charge on any atom is 0.244 e. The highest BCUT2D eigenvalue weighted by Gasteiger charge is 2.04. The number of nitrogens with zero attached hydrogens (tertiary/aromatic N) is 1. The van der Waals surface area contributed by atoms with Crippen molar-refractivity contribution in [1.29, 1.82) is 0 Å². The van der Waals surface area contributed by atoms with Gasteiger partial charge in [0.15, 0.2) is 0 Å². The van der Waals surface area contributed by atoms with Crippen LogP contribution in [0.15, 0.2) is 53.2 Å². The largest absolute Gasteiger partial charge is 0.465 e. The molecule has 0 saturated heterocycles. The number of benzene rings is 1. The molecule has 0 spiro atoms. The molecule has 0 radical (unpaired) electrons. The summed E-state index contributed by atoms with van der Waals surface area (Å²) in [5, 5.41) is 3.70. The van der Waals surface area contributed by atoms with Crippen LogP contribution in [0.1, 0.15) is 10.8 Å². The van der Waals surface area contributed by atoms with Gasteiger partial charge in [0.2, 0.25) is 5.91 Å². The standard InChI is InChI=1S/C15H12N2O2S/c18-14(8-7-11-4-3-9-19-11)16-10-15-17-12-5-1-2-6-13(12)20-15/h1-9H,10H2,(H,16,18). The van der Waals surface area contributed by atoms with Gasteiger partial charge in [0.05, 0.1) is 23.0 Å². The van der Waals surface area contributed by atoms with E-state index in [0.717, 1.165) is 15.2 Å². The van der Waals surface area contributed by atoms with E-state index in [1.165, 1.54) is 6.08 Å². The highest BCUT2D eigenvalue weighted by molar-refractivity contribution is 7.18. The molecular formula is C15H12N2O2S. The lowest BCUT2D eigenvalue weighted by atomic mass is 10.3. The summed E-state index contributed by atoms with van der Waals surface area (Å²) in [6, 6.07) is 11.5. The number of nitrogens with one attached hydrogen (secondary N) is 1. The Morgan fingerprint density at radius 3 is 3.00 bits per heavy atom. The second-order valence-corrected chi connectivity index (χ2v) is 5.26. The Bertz CT molecular complexity index is 711. The Balaban J connectivity index is 1.60. The van der Waals surface area contributed by atoms with Crippen LogP contribution in [0.2, 0.25) is 0 Å². The Hall–Kier alpha value is -2.40. The summed E-state index contributed by atoms with van der Waals surface area (Å²) >= 11 is 1.59. The van der Waals surface area contributed by atoms with Crippen LogP contribution in [0.3, 0.4) is 0 Å². The van der Waals surface area contributed by atoms with Crippen LogP contribution in [0.25, 0.3) is 16.3 Å². The Kier molecular flexibility index (Phi) is 3.60. The maximum absolute atomic E-state index is 11.7. The van der Waals surface area contributed by atoms with E-state index in [2.05, 4.69) is 10.3 Å². The summed E-state index contributed by atoms with van der Waals surface area (Å²) in [5.41, 5.74) is 0.966. The number of rotatable bonds is 4. The third kappa shape index (κ3) is 2.95. The molecular weight excluding hydrogens is 272 g/mol. The second kappa shape index (κ2) is 5.71. The van der Waals surface area contributed by atoms with Gasteiger partial charge >= 0.3 is 0 Å². The third-order valence-corrected chi connectivity index (χ3v) is 3.73. The van der Waals surface area contributed by atoms with Gasteiger partial charge < -0.3 is 9.73 Å². The number of amides is 1. The van der Waals surface area contributed by atoms with Crippen LogP contribution in [-0.2, 0) is 11.3 Å². The molecule has 2 heterocycles. The van der Waals surface area contributed by atoms with Gasteiger partial charge in [-0.25, -0.2) is 4.98 Å². The van der Waals surface area contributed by atoms with Crippen LogP contribution in [-0.4, -0.2) is 10.9 Å². The lowest BCUT2D eigenvalue weighted by molar-refractivity contribution is -0.116. The molecule has 100 valence electrons. The molecule has 1 aromatic carbocycles. The van der Waals surface area contributed by atoms with E-state index >= 15 is 0 Å². The van der Waals surface area contributed by atoms with E-state index in [9.17, 15) is 4.79 Å². The predicted octanol–water partition coefficient (Wildman–Crippen LogP) is 3.22. The molecule has 0 aliphatic carbocycles. The number of hydrogen-bond donors (Lipinski definition) is 1. The first-order valence-electron chi connectivity index (χ1n) is 6.15. The SMILES string of the molecule is O=C(C=Cc1ccco1)NCc1nc2ccccc2s1. The molecule has 3 aromatic rings. The van der Waals surface area contributed by atoms with Crippen molar-refractivity contribution in [3.05, 3.63) is 59.5 Å². The van der Waals surface area contributed by atoms with E-state index in [0.29, 0.717) is 12.3 Å². The molecule has 0 aliphatic rings. The summed E-state index contributed by atoms with van der Waals surface area (Å²) < 4.78 is 6.24. The van der Waals surface area contributed by atoms with Crippen LogP contribution in [0.5, 0.6) is 0 Å². The molecule has 0 aliphatic heterocycles. The summed E-state index contributed by atoms with van der Waals surface area (Å²) in [6.45, 7) is 0.431. The van der Waals surface area contributed by atoms with Crippen LogP contribution >= 0.6 is 11.3 Å². The zero-order chi connectivity index (χ0) is 13.8. The lowest BCUT2D eigenvalue weighted by Gasteiger charge is -1.97. The van der Waals surface area contributed by atoms with Gasteiger partial charge in [-0.3, -0.25) is 4.79 Å². The van der Waals surface area contributed by atoms with Gasteiger partial charge in [0.1, 0.15) is 10.8 Å². The van der Waals surface area contributed by atoms with Crippen LogP contribution in [0.4, 0.5) is 0 Å². The molecule has 3 rings (SSSR count). The van der Waals surface area contributed by atoms with Crippen molar-refractivity contribution in [3.63, 3.8) is 0 Å². The number of furan rings is 1. The zero-order valence-electron chi connectivity index (χ0n) is 10.6. The number of fused-ring (bicyclic) bond motifs is 1. The van der Waals surface area contributed by atoms with Crippen molar-refractivity contribution in [1.82, 2.24) is 10.3 Å². The average molecular weight is 284 g/mol. The molecule has 0 bridgehead atoms. The van der Waals surface area contributed by atoms with Gasteiger partial charge in [-0.05, 0) is 30.3 Å². The van der Waals surface area contributed by atoms with Crippen molar-refractivity contribution in [2.45, 2.75) is 6.54 Å². The van der Waals surface area contributed by atoms with Gasteiger partial charge in [-0.2, -0.15) is 0 Å². The first-order chi connectivity index (χ1) is 9.81. The summed E-state index contributed by atoms with van der Waals surface area (Å²) in [5.74, 6) is 0.487. The van der Waals surface area contributed by atoms with Gasteiger partial charge in [-0.1, -0.05) is 12.1 Å². The average Bonchev–Trinajstić information content (AvgIpc) is 3.11. The zero-order valence-corrected chi connectivity index (χ0v) is 11.4. The lowest BCUT2D eigenvalue weighted by Crippen LogP contribution is -2.19. The maximum atomic E-state index is 11.7. The summed E-state index contributed by atoms with van der Waals surface area (Å²) in [7, 11) is 0. The van der Waals surface area contributed by atoms with Crippen LogP contribution < -0.4 is 5.32 Å². The van der Waals surface area contributed by atoms with Gasteiger partial charge in [0.25, 0.3) is 0 Å². The monoisotopic (exact) mass is 284 g/mol. The van der Waals surface area contributed by atoms with E-state index in [1.807, 2.05) is 24.3 Å². The van der Waals surface area contributed by atoms with E-state index in [4.69, 9.17) is 4.42 Å². The van der Waals surface area contributed by atoms with Crippen molar-refractivity contribution in [2.24, 2.45) is 0 Å². The highest BCUT2D eigenvalue weighted by atomic mass is 32.1. The molecule has 1 amide bonds. The van der Waals surface area contributed by atoms with Crippen molar-refractivity contribution >= 4 is 33.5 Å². The predicted molar refractivity (Wildman–Crippen MR) is 79.2 cm³/mol. The molecule has 20 heavy (non-hydrogen) atoms. The normalized spacial score (nSPS) is 11.2. The molecule has 0 unspecified atom stereocenters. The minimum atomic E-state index is -0.166. The molecule has 0 saturated carbocycles. The molecule has 1 N–H and O–H groups in total. The first-order valence-corrected chi connectivity index (χ1v) is 6.97.